The van der Waals surface area contributed by atoms with E-state index in [0.29, 0.717) is 18.2 Å². The van der Waals surface area contributed by atoms with Gasteiger partial charge in [0.2, 0.25) is 0 Å². The van der Waals surface area contributed by atoms with E-state index in [-0.39, 0.29) is 5.91 Å². The number of carbonyl (C=O) groups excluding carboxylic acids is 1. The zero-order valence-electron chi connectivity index (χ0n) is 14.0. The Morgan fingerprint density at radius 2 is 2.36 bits per heavy atom. The molecule has 3 aromatic rings. The molecule has 8 heteroatoms. The molecule has 3 heterocycles. The standard InChI is InChI=1S/C17H20N6O2/c1-11-15(20-10-19-11)17(24)18-7-12-5-6-23(8-12)9-13-3-2-4-14-16(13)22-25-21-14/h2-4,10,12H,5-9H2,1H3,(H,18,24)(H,19,20)/t12-/m1/s1. The van der Waals surface area contributed by atoms with Crippen LogP contribution in [0.5, 0.6) is 0 Å². The van der Waals surface area contributed by atoms with Crippen LogP contribution in [0.4, 0.5) is 0 Å². The topological polar surface area (TPSA) is 99.9 Å². The van der Waals surface area contributed by atoms with E-state index in [1.165, 1.54) is 0 Å². The number of aromatic amines is 1. The van der Waals surface area contributed by atoms with Gasteiger partial charge in [-0.3, -0.25) is 9.69 Å². The number of hydrogen-bond acceptors (Lipinski definition) is 6. The molecule has 0 radical (unpaired) electrons. The van der Waals surface area contributed by atoms with Crippen LogP contribution in [0, 0.1) is 12.8 Å². The van der Waals surface area contributed by atoms with Crippen LogP contribution in [0.1, 0.15) is 28.2 Å². The van der Waals surface area contributed by atoms with Crippen molar-refractivity contribution in [1.82, 2.24) is 30.5 Å². The number of nitrogens with zero attached hydrogens (tertiary/aromatic N) is 4. The van der Waals surface area contributed by atoms with Crippen molar-refractivity contribution in [1.29, 1.82) is 0 Å². The van der Waals surface area contributed by atoms with E-state index in [2.05, 4.69) is 36.6 Å². The predicted octanol–water partition coefficient (Wildman–Crippen LogP) is 1.51. The van der Waals surface area contributed by atoms with Crippen LogP contribution in [-0.2, 0) is 6.54 Å². The third-order valence-corrected chi connectivity index (χ3v) is 4.73. The molecule has 0 saturated carbocycles. The SMILES string of the molecule is Cc1[nH]cnc1C(=O)NC[C@H]1CCN(Cc2cccc3nonc23)C1. The van der Waals surface area contributed by atoms with Crippen molar-refractivity contribution in [2.24, 2.45) is 5.92 Å². The number of likely N-dealkylation sites (tertiary alicyclic amines) is 1. The van der Waals surface area contributed by atoms with E-state index in [1.807, 2.05) is 19.1 Å². The number of aryl methyl sites for hydroxylation is 1. The van der Waals surface area contributed by atoms with Crippen molar-refractivity contribution in [3.05, 3.63) is 41.5 Å². The first-order valence-electron chi connectivity index (χ1n) is 8.41. The summed E-state index contributed by atoms with van der Waals surface area (Å²) in [6.45, 7) is 5.27. The van der Waals surface area contributed by atoms with Crippen LogP contribution in [0.25, 0.3) is 11.0 Å². The average molecular weight is 340 g/mol. The van der Waals surface area contributed by atoms with Crippen molar-refractivity contribution < 1.29 is 9.42 Å². The Labute approximate surface area is 144 Å². The van der Waals surface area contributed by atoms with Gasteiger partial charge in [0, 0.05) is 25.3 Å². The third kappa shape index (κ3) is 3.25. The summed E-state index contributed by atoms with van der Waals surface area (Å²) < 4.78 is 4.83. The molecular weight excluding hydrogens is 320 g/mol. The van der Waals surface area contributed by atoms with E-state index in [4.69, 9.17) is 4.63 Å². The lowest BCUT2D eigenvalue weighted by atomic mass is 10.1. The number of benzene rings is 1. The summed E-state index contributed by atoms with van der Waals surface area (Å²) in [6, 6.07) is 5.93. The summed E-state index contributed by atoms with van der Waals surface area (Å²) in [5.41, 5.74) is 4.00. The Balaban J connectivity index is 1.32. The Hall–Kier alpha value is -2.74. The second-order valence-corrected chi connectivity index (χ2v) is 6.53. The minimum Gasteiger partial charge on any atom is -0.350 e. The van der Waals surface area contributed by atoms with Crippen molar-refractivity contribution in [2.75, 3.05) is 19.6 Å². The van der Waals surface area contributed by atoms with Gasteiger partial charge in [0.25, 0.3) is 5.91 Å². The Kier molecular flexibility index (Phi) is 4.19. The molecule has 1 fully saturated rings. The number of carbonyl (C=O) groups is 1. The van der Waals surface area contributed by atoms with Crippen molar-refractivity contribution in [2.45, 2.75) is 19.9 Å². The van der Waals surface area contributed by atoms with Gasteiger partial charge in [-0.1, -0.05) is 12.1 Å². The number of hydrogen-bond donors (Lipinski definition) is 2. The second kappa shape index (κ2) is 6.64. The maximum absolute atomic E-state index is 12.1. The zero-order valence-corrected chi connectivity index (χ0v) is 14.0. The lowest BCUT2D eigenvalue weighted by Gasteiger charge is -2.16. The lowest BCUT2D eigenvalue weighted by molar-refractivity contribution is 0.0942. The van der Waals surface area contributed by atoms with Gasteiger partial charge in [-0.25, -0.2) is 9.61 Å². The zero-order chi connectivity index (χ0) is 17.2. The molecule has 0 bridgehead atoms. The molecule has 1 aliphatic rings. The fourth-order valence-corrected chi connectivity index (χ4v) is 3.36. The number of nitrogens with one attached hydrogen (secondary N) is 2. The molecule has 2 N–H and O–H groups in total. The molecule has 1 amide bonds. The maximum Gasteiger partial charge on any atom is 0.271 e. The summed E-state index contributed by atoms with van der Waals surface area (Å²) in [6.07, 6.45) is 2.60. The second-order valence-electron chi connectivity index (χ2n) is 6.53. The Bertz CT molecular complexity index is 886. The highest BCUT2D eigenvalue weighted by Crippen LogP contribution is 2.21. The molecule has 8 nitrogen and oxygen atoms in total. The summed E-state index contributed by atoms with van der Waals surface area (Å²) >= 11 is 0. The van der Waals surface area contributed by atoms with Gasteiger partial charge in [0.1, 0.15) is 16.7 Å². The van der Waals surface area contributed by atoms with Crippen molar-refractivity contribution in [3.8, 4) is 0 Å². The molecule has 2 aromatic heterocycles. The predicted molar refractivity (Wildman–Crippen MR) is 90.8 cm³/mol. The van der Waals surface area contributed by atoms with E-state index in [9.17, 15) is 4.79 Å². The highest BCUT2D eigenvalue weighted by atomic mass is 16.6. The first kappa shape index (κ1) is 15.8. The van der Waals surface area contributed by atoms with Crippen LogP contribution in [0.2, 0.25) is 0 Å². The van der Waals surface area contributed by atoms with Gasteiger partial charge in [0.15, 0.2) is 0 Å². The lowest BCUT2D eigenvalue weighted by Crippen LogP contribution is -2.31. The van der Waals surface area contributed by atoms with E-state index in [0.717, 1.165) is 48.3 Å². The summed E-state index contributed by atoms with van der Waals surface area (Å²) in [5, 5.41) is 10.9. The summed E-state index contributed by atoms with van der Waals surface area (Å²) in [4.78, 5) is 21.5. The fraction of sp³-hybridized carbons (Fsp3) is 0.412. The molecular formula is C17H20N6O2. The molecule has 0 unspecified atom stereocenters. The molecule has 0 aliphatic carbocycles. The normalized spacial score (nSPS) is 18.0. The molecule has 1 atom stereocenters. The van der Waals surface area contributed by atoms with E-state index in [1.54, 1.807) is 6.33 Å². The number of H-pyrrole nitrogens is 1. The van der Waals surface area contributed by atoms with Crippen LogP contribution in [-0.4, -0.2) is 50.7 Å². The molecule has 1 saturated heterocycles. The van der Waals surface area contributed by atoms with Gasteiger partial charge < -0.3 is 10.3 Å². The van der Waals surface area contributed by atoms with Crippen LogP contribution >= 0.6 is 0 Å². The molecule has 0 spiro atoms. The number of imidazole rings is 1. The molecule has 130 valence electrons. The molecule has 25 heavy (non-hydrogen) atoms. The monoisotopic (exact) mass is 340 g/mol. The number of rotatable bonds is 5. The van der Waals surface area contributed by atoms with Crippen LogP contribution in [0.3, 0.4) is 0 Å². The highest BCUT2D eigenvalue weighted by molar-refractivity contribution is 5.93. The quantitative estimate of drug-likeness (QED) is 0.730. The molecule has 1 aliphatic heterocycles. The highest BCUT2D eigenvalue weighted by Gasteiger charge is 2.24. The minimum absolute atomic E-state index is 0.115. The summed E-state index contributed by atoms with van der Waals surface area (Å²) in [5.74, 6) is 0.327. The van der Waals surface area contributed by atoms with Crippen molar-refractivity contribution >= 4 is 16.9 Å². The van der Waals surface area contributed by atoms with E-state index < -0.39 is 0 Å². The Morgan fingerprint density at radius 3 is 3.20 bits per heavy atom. The third-order valence-electron chi connectivity index (χ3n) is 4.73. The van der Waals surface area contributed by atoms with Gasteiger partial charge in [-0.05, 0) is 47.8 Å². The van der Waals surface area contributed by atoms with Gasteiger partial charge in [0.05, 0.1) is 6.33 Å². The van der Waals surface area contributed by atoms with E-state index >= 15 is 0 Å². The Morgan fingerprint density at radius 1 is 1.44 bits per heavy atom. The first-order valence-corrected chi connectivity index (χ1v) is 8.41. The number of amides is 1. The fourth-order valence-electron chi connectivity index (χ4n) is 3.36. The van der Waals surface area contributed by atoms with Gasteiger partial charge in [-0.15, -0.1) is 0 Å². The van der Waals surface area contributed by atoms with Crippen LogP contribution < -0.4 is 5.32 Å². The van der Waals surface area contributed by atoms with Crippen molar-refractivity contribution in [3.63, 3.8) is 0 Å². The van der Waals surface area contributed by atoms with Crippen LogP contribution in [0.15, 0.2) is 29.2 Å². The minimum atomic E-state index is -0.115. The van der Waals surface area contributed by atoms with Gasteiger partial charge >= 0.3 is 0 Å². The number of fused-ring (bicyclic) bond motifs is 1. The molecule has 1 aromatic carbocycles. The van der Waals surface area contributed by atoms with Gasteiger partial charge in [-0.2, -0.15) is 0 Å². The number of aromatic nitrogens is 4. The largest absolute Gasteiger partial charge is 0.350 e. The maximum atomic E-state index is 12.1. The smallest absolute Gasteiger partial charge is 0.271 e. The first-order chi connectivity index (χ1) is 12.2. The molecule has 4 rings (SSSR count). The summed E-state index contributed by atoms with van der Waals surface area (Å²) in [7, 11) is 0. The average Bonchev–Trinajstić information content (AvgIpc) is 3.33.